The highest BCUT2D eigenvalue weighted by molar-refractivity contribution is 5.72. The summed E-state index contributed by atoms with van der Waals surface area (Å²) in [5, 5.41) is 10.6. The number of nitrogens with one attached hydrogen (secondary N) is 1. The number of esters is 1. The SMILES string of the molecule is CCOC(=O)[C@H]1CCC[NH+](C[C@H](O)COC(c2ccccc2)c2ccccc2)C1. The Balaban J connectivity index is 1.56. The van der Waals surface area contributed by atoms with Crippen molar-refractivity contribution in [1.82, 2.24) is 0 Å². The number of aliphatic hydroxyl groups is 1. The van der Waals surface area contributed by atoms with E-state index in [1.807, 2.05) is 67.6 Å². The number of quaternary nitrogens is 1. The zero-order chi connectivity index (χ0) is 20.5. The van der Waals surface area contributed by atoms with Crippen molar-refractivity contribution in [2.75, 3.05) is 32.8 Å². The van der Waals surface area contributed by atoms with Gasteiger partial charge >= 0.3 is 5.97 Å². The highest BCUT2D eigenvalue weighted by atomic mass is 16.5. The first-order valence-corrected chi connectivity index (χ1v) is 10.6. The van der Waals surface area contributed by atoms with Gasteiger partial charge in [0.2, 0.25) is 0 Å². The first-order chi connectivity index (χ1) is 14.2. The minimum absolute atomic E-state index is 0.0618. The molecule has 1 fully saturated rings. The predicted octanol–water partition coefficient (Wildman–Crippen LogP) is 2.01. The van der Waals surface area contributed by atoms with Crippen LogP contribution in [-0.2, 0) is 14.3 Å². The van der Waals surface area contributed by atoms with E-state index in [2.05, 4.69) is 0 Å². The lowest BCUT2D eigenvalue weighted by atomic mass is 9.98. The molecule has 29 heavy (non-hydrogen) atoms. The van der Waals surface area contributed by atoms with Crippen LogP contribution in [0.4, 0.5) is 0 Å². The number of ether oxygens (including phenoxy) is 2. The number of benzene rings is 2. The first-order valence-electron chi connectivity index (χ1n) is 10.6. The van der Waals surface area contributed by atoms with Crippen molar-refractivity contribution in [1.29, 1.82) is 0 Å². The molecule has 3 atom stereocenters. The Morgan fingerprint density at radius 2 is 1.72 bits per heavy atom. The number of carbonyl (C=O) groups is 1. The van der Waals surface area contributed by atoms with Gasteiger partial charge in [-0.15, -0.1) is 0 Å². The summed E-state index contributed by atoms with van der Waals surface area (Å²) in [5.41, 5.74) is 2.14. The van der Waals surface area contributed by atoms with Gasteiger partial charge in [-0.3, -0.25) is 4.79 Å². The van der Waals surface area contributed by atoms with Gasteiger partial charge in [0.25, 0.3) is 0 Å². The molecule has 0 spiro atoms. The topological polar surface area (TPSA) is 60.2 Å². The van der Waals surface area contributed by atoms with Crippen molar-refractivity contribution < 1.29 is 24.3 Å². The number of piperidine rings is 1. The van der Waals surface area contributed by atoms with E-state index in [0.29, 0.717) is 13.2 Å². The molecular formula is C24H32NO4+. The maximum atomic E-state index is 12.0. The average Bonchev–Trinajstić information content (AvgIpc) is 2.76. The largest absolute Gasteiger partial charge is 0.466 e. The lowest BCUT2D eigenvalue weighted by Crippen LogP contribution is -3.14. The number of aliphatic hydroxyl groups excluding tert-OH is 1. The highest BCUT2D eigenvalue weighted by Crippen LogP contribution is 2.25. The summed E-state index contributed by atoms with van der Waals surface area (Å²) < 4.78 is 11.3. The predicted molar refractivity (Wildman–Crippen MR) is 112 cm³/mol. The third-order valence-corrected chi connectivity index (χ3v) is 5.42. The van der Waals surface area contributed by atoms with E-state index in [4.69, 9.17) is 9.47 Å². The summed E-state index contributed by atoms with van der Waals surface area (Å²) in [7, 11) is 0. The normalized spacial score (nSPS) is 20.4. The minimum atomic E-state index is -0.583. The Morgan fingerprint density at radius 1 is 1.10 bits per heavy atom. The van der Waals surface area contributed by atoms with Gasteiger partial charge in [0, 0.05) is 0 Å². The van der Waals surface area contributed by atoms with Crippen LogP contribution >= 0.6 is 0 Å². The molecule has 0 aromatic heterocycles. The molecule has 1 heterocycles. The lowest BCUT2D eigenvalue weighted by molar-refractivity contribution is -0.910. The van der Waals surface area contributed by atoms with Crippen LogP contribution in [0.3, 0.4) is 0 Å². The van der Waals surface area contributed by atoms with E-state index < -0.39 is 6.10 Å². The monoisotopic (exact) mass is 398 g/mol. The summed E-state index contributed by atoms with van der Waals surface area (Å²) in [6.07, 6.45) is 1.05. The molecule has 2 aromatic carbocycles. The fraction of sp³-hybridized carbons (Fsp3) is 0.458. The number of likely N-dealkylation sites (tertiary alicyclic amines) is 1. The molecule has 0 saturated carbocycles. The third-order valence-electron chi connectivity index (χ3n) is 5.42. The van der Waals surface area contributed by atoms with Crippen LogP contribution in [0.15, 0.2) is 60.7 Å². The van der Waals surface area contributed by atoms with Gasteiger partial charge in [0.05, 0.1) is 26.3 Å². The fourth-order valence-electron chi connectivity index (χ4n) is 4.04. The van der Waals surface area contributed by atoms with Crippen LogP contribution in [0.5, 0.6) is 0 Å². The lowest BCUT2D eigenvalue weighted by Gasteiger charge is -2.30. The summed E-state index contributed by atoms with van der Waals surface area (Å²) in [6, 6.07) is 20.1. The van der Waals surface area contributed by atoms with Gasteiger partial charge in [0.15, 0.2) is 0 Å². The quantitative estimate of drug-likeness (QED) is 0.635. The van der Waals surface area contributed by atoms with Gasteiger partial charge in [-0.05, 0) is 30.9 Å². The summed E-state index contributed by atoms with van der Waals surface area (Å²) in [4.78, 5) is 13.3. The first kappa shape index (κ1) is 21.5. The molecule has 5 heteroatoms. The van der Waals surface area contributed by atoms with Crippen LogP contribution in [0.25, 0.3) is 0 Å². The number of rotatable bonds is 9. The van der Waals surface area contributed by atoms with Crippen LogP contribution in [0.2, 0.25) is 0 Å². The Labute approximate surface area is 173 Å². The van der Waals surface area contributed by atoms with E-state index in [1.165, 1.54) is 4.90 Å². The fourth-order valence-corrected chi connectivity index (χ4v) is 4.04. The number of carbonyl (C=O) groups excluding carboxylic acids is 1. The van der Waals surface area contributed by atoms with Crippen molar-refractivity contribution in [2.45, 2.75) is 32.0 Å². The van der Waals surface area contributed by atoms with Crippen LogP contribution in [-0.4, -0.2) is 50.0 Å². The summed E-state index contributed by atoms with van der Waals surface area (Å²) >= 11 is 0. The van der Waals surface area contributed by atoms with Crippen molar-refractivity contribution >= 4 is 5.97 Å². The maximum absolute atomic E-state index is 12.0. The second-order valence-electron chi connectivity index (χ2n) is 7.69. The van der Waals surface area contributed by atoms with Crippen molar-refractivity contribution in [3.63, 3.8) is 0 Å². The summed E-state index contributed by atoms with van der Waals surface area (Å²) in [5.74, 6) is -0.170. The van der Waals surface area contributed by atoms with E-state index >= 15 is 0 Å². The van der Waals surface area contributed by atoms with Crippen molar-refractivity contribution in [2.24, 2.45) is 5.92 Å². The van der Waals surface area contributed by atoms with Gasteiger partial charge in [0.1, 0.15) is 24.7 Å². The minimum Gasteiger partial charge on any atom is -0.466 e. The maximum Gasteiger partial charge on any atom is 0.314 e. The molecule has 2 N–H and O–H groups in total. The Kier molecular flexibility index (Phi) is 8.23. The molecule has 1 unspecified atom stereocenters. The zero-order valence-corrected chi connectivity index (χ0v) is 17.1. The second kappa shape index (κ2) is 11.1. The number of hydrogen-bond donors (Lipinski definition) is 2. The molecule has 2 aromatic rings. The summed E-state index contributed by atoms with van der Waals surface area (Å²) in [6.45, 7) is 4.77. The van der Waals surface area contributed by atoms with Crippen LogP contribution in [0, 0.1) is 5.92 Å². The van der Waals surface area contributed by atoms with Crippen molar-refractivity contribution in [3.8, 4) is 0 Å². The molecular weight excluding hydrogens is 366 g/mol. The smallest absolute Gasteiger partial charge is 0.314 e. The van der Waals surface area contributed by atoms with Gasteiger partial charge < -0.3 is 19.5 Å². The molecule has 0 bridgehead atoms. The van der Waals surface area contributed by atoms with Crippen molar-refractivity contribution in [3.05, 3.63) is 71.8 Å². The molecule has 0 aliphatic carbocycles. The molecule has 1 aliphatic heterocycles. The van der Waals surface area contributed by atoms with E-state index in [-0.39, 0.29) is 24.6 Å². The average molecular weight is 399 g/mol. The van der Waals surface area contributed by atoms with Crippen LogP contribution in [0.1, 0.15) is 37.0 Å². The molecule has 0 radical (unpaired) electrons. The van der Waals surface area contributed by atoms with E-state index in [1.54, 1.807) is 0 Å². The molecule has 0 amide bonds. The van der Waals surface area contributed by atoms with Gasteiger partial charge in [-0.1, -0.05) is 60.7 Å². The second-order valence-corrected chi connectivity index (χ2v) is 7.69. The van der Waals surface area contributed by atoms with Gasteiger partial charge in [-0.2, -0.15) is 0 Å². The third kappa shape index (κ3) is 6.39. The van der Waals surface area contributed by atoms with E-state index in [0.717, 1.165) is 37.1 Å². The molecule has 3 rings (SSSR count). The van der Waals surface area contributed by atoms with Crippen LogP contribution < -0.4 is 4.90 Å². The molecule has 1 aliphatic rings. The Hall–Kier alpha value is -2.21. The van der Waals surface area contributed by atoms with Gasteiger partial charge in [-0.25, -0.2) is 0 Å². The Morgan fingerprint density at radius 3 is 2.31 bits per heavy atom. The number of hydrogen-bond acceptors (Lipinski definition) is 4. The molecule has 5 nitrogen and oxygen atoms in total. The standard InChI is InChI=1S/C24H31NO4/c1-2-28-24(27)21-14-9-15-25(16-21)17-22(26)18-29-23(19-10-5-3-6-11-19)20-12-7-4-8-13-20/h3-8,10-13,21-23,26H,2,9,14-18H2,1H3/p+1/t21-,22-/m0/s1. The molecule has 156 valence electrons. The molecule has 1 saturated heterocycles. The Bertz CT molecular complexity index is 698. The van der Waals surface area contributed by atoms with E-state index in [9.17, 15) is 9.90 Å². The zero-order valence-electron chi connectivity index (χ0n) is 17.1. The highest BCUT2D eigenvalue weighted by Gasteiger charge is 2.31.